The van der Waals surface area contributed by atoms with Gasteiger partial charge in [-0.1, -0.05) is 0 Å². The van der Waals surface area contributed by atoms with Gasteiger partial charge in [-0.15, -0.1) is 0 Å². The number of aromatic nitrogens is 1. The molecule has 0 aliphatic heterocycles. The van der Waals surface area contributed by atoms with Crippen molar-refractivity contribution in [1.82, 2.24) is 4.98 Å². The summed E-state index contributed by atoms with van der Waals surface area (Å²) < 4.78 is 0. The lowest BCUT2D eigenvalue weighted by Gasteiger charge is -2.12. The van der Waals surface area contributed by atoms with Crippen molar-refractivity contribution < 1.29 is 4.92 Å². The molecular weight excluding hydrogens is 220 g/mol. The minimum Gasteiger partial charge on any atom is -0.368 e. The summed E-state index contributed by atoms with van der Waals surface area (Å²) in [4.78, 5) is 14.2. The molecule has 0 bridgehead atoms. The Hall–Kier alpha value is -1.69. The maximum Gasteiger partial charge on any atom is 0.290 e. The van der Waals surface area contributed by atoms with Crippen LogP contribution in [-0.2, 0) is 0 Å². The molecule has 1 unspecified atom stereocenters. The van der Waals surface area contributed by atoms with Gasteiger partial charge in [-0.25, -0.2) is 4.98 Å². The molecule has 0 saturated heterocycles. The molecule has 1 saturated carbocycles. The number of nitro groups is 1. The molecule has 6 nitrogen and oxygen atoms in total. The van der Waals surface area contributed by atoms with E-state index in [9.17, 15) is 10.1 Å². The van der Waals surface area contributed by atoms with Gasteiger partial charge in [0.05, 0.1) is 4.92 Å². The molecule has 3 N–H and O–H groups in total. The van der Waals surface area contributed by atoms with Crippen LogP contribution in [0, 0.1) is 23.0 Å². The first-order chi connectivity index (χ1) is 8.08. The summed E-state index contributed by atoms with van der Waals surface area (Å²) in [6.45, 7) is 2.36. The summed E-state index contributed by atoms with van der Waals surface area (Å²) in [5.41, 5.74) is 6.59. The van der Waals surface area contributed by atoms with Crippen molar-refractivity contribution in [3.05, 3.63) is 27.9 Å². The van der Waals surface area contributed by atoms with Crippen LogP contribution in [0.3, 0.4) is 0 Å². The van der Waals surface area contributed by atoms with E-state index in [0.29, 0.717) is 23.8 Å². The average Bonchev–Trinajstić information content (AvgIpc) is 3.09. The van der Waals surface area contributed by atoms with E-state index in [1.165, 1.54) is 19.0 Å². The summed E-state index contributed by atoms with van der Waals surface area (Å²) in [7, 11) is 0. The van der Waals surface area contributed by atoms with Gasteiger partial charge < -0.3 is 11.1 Å². The van der Waals surface area contributed by atoms with Crippen molar-refractivity contribution >= 4 is 11.5 Å². The molecule has 1 aromatic rings. The topological polar surface area (TPSA) is 94.1 Å². The molecule has 0 radical (unpaired) electrons. The molecule has 0 amide bonds. The molecule has 1 aromatic heterocycles. The van der Waals surface area contributed by atoms with Crippen LogP contribution in [0.15, 0.2) is 12.3 Å². The molecule has 2 rings (SSSR count). The monoisotopic (exact) mass is 236 g/mol. The first-order valence-electron chi connectivity index (χ1n) is 5.68. The van der Waals surface area contributed by atoms with E-state index in [2.05, 4.69) is 10.3 Å². The molecule has 6 heteroatoms. The van der Waals surface area contributed by atoms with Crippen LogP contribution in [0.1, 0.15) is 18.4 Å². The molecule has 0 aromatic carbocycles. The van der Waals surface area contributed by atoms with Crippen LogP contribution in [-0.4, -0.2) is 22.5 Å². The molecule has 1 heterocycles. The highest BCUT2D eigenvalue weighted by Crippen LogP contribution is 2.31. The highest BCUT2D eigenvalue weighted by Gasteiger charge is 2.28. The highest BCUT2D eigenvalue weighted by atomic mass is 16.6. The van der Waals surface area contributed by atoms with Crippen LogP contribution in [0.5, 0.6) is 0 Å². The summed E-state index contributed by atoms with van der Waals surface area (Å²) >= 11 is 0. The van der Waals surface area contributed by atoms with Crippen LogP contribution >= 0.6 is 0 Å². The zero-order chi connectivity index (χ0) is 12.4. The molecule has 17 heavy (non-hydrogen) atoms. The van der Waals surface area contributed by atoms with Gasteiger partial charge in [0.15, 0.2) is 0 Å². The van der Waals surface area contributed by atoms with Crippen molar-refractivity contribution in [3.8, 4) is 0 Å². The minimum absolute atomic E-state index is 0.0436. The number of hydrogen-bond acceptors (Lipinski definition) is 5. The molecule has 1 atom stereocenters. The van der Waals surface area contributed by atoms with Gasteiger partial charge in [0.2, 0.25) is 0 Å². The van der Waals surface area contributed by atoms with Crippen molar-refractivity contribution in [2.24, 2.45) is 11.7 Å². The number of aryl methyl sites for hydroxylation is 1. The standard InChI is InChI=1S/C11H16N4O2/c1-7-4-11(14-6-10(7)15(16)17)13-5-9(12)8-2-3-8/h4,6,8-9H,2-3,5,12H2,1H3,(H,13,14). The number of nitrogens with two attached hydrogens (primary N) is 1. The average molecular weight is 236 g/mol. The van der Waals surface area contributed by atoms with Crippen LogP contribution in [0.25, 0.3) is 0 Å². The molecule has 1 aliphatic carbocycles. The molecule has 1 aliphatic rings. The lowest BCUT2D eigenvalue weighted by Crippen LogP contribution is -2.31. The Morgan fingerprint density at radius 1 is 1.71 bits per heavy atom. The number of nitrogens with zero attached hydrogens (tertiary/aromatic N) is 2. The van der Waals surface area contributed by atoms with E-state index in [-0.39, 0.29) is 11.7 Å². The third-order valence-corrected chi connectivity index (χ3v) is 3.03. The first-order valence-corrected chi connectivity index (χ1v) is 5.68. The first kappa shape index (κ1) is 11.8. The largest absolute Gasteiger partial charge is 0.368 e. The minimum atomic E-state index is -0.429. The van der Waals surface area contributed by atoms with E-state index in [0.717, 1.165) is 0 Å². The lowest BCUT2D eigenvalue weighted by molar-refractivity contribution is -0.385. The Labute approximate surface area is 99.4 Å². The van der Waals surface area contributed by atoms with E-state index < -0.39 is 4.92 Å². The number of nitrogens with one attached hydrogen (secondary N) is 1. The van der Waals surface area contributed by atoms with Crippen LogP contribution in [0.2, 0.25) is 0 Å². The highest BCUT2D eigenvalue weighted by molar-refractivity contribution is 5.46. The molecule has 0 spiro atoms. The summed E-state index contributed by atoms with van der Waals surface area (Å²) in [6, 6.07) is 1.82. The van der Waals surface area contributed by atoms with Gasteiger partial charge >= 0.3 is 0 Å². The normalized spacial score (nSPS) is 16.6. The van der Waals surface area contributed by atoms with E-state index in [1.54, 1.807) is 13.0 Å². The fraction of sp³-hybridized carbons (Fsp3) is 0.545. The molecule has 1 fully saturated rings. The maximum atomic E-state index is 10.6. The van der Waals surface area contributed by atoms with E-state index in [1.807, 2.05) is 0 Å². The summed E-state index contributed by atoms with van der Waals surface area (Å²) in [5, 5.41) is 13.7. The second-order valence-electron chi connectivity index (χ2n) is 4.50. The summed E-state index contributed by atoms with van der Waals surface area (Å²) in [6.07, 6.45) is 3.69. The SMILES string of the molecule is Cc1cc(NCC(N)C2CC2)ncc1[N+](=O)[O-]. The quantitative estimate of drug-likeness (QED) is 0.596. The predicted octanol–water partition coefficient (Wildman–Crippen LogP) is 1.45. The second-order valence-corrected chi connectivity index (χ2v) is 4.50. The fourth-order valence-electron chi connectivity index (χ4n) is 1.75. The van der Waals surface area contributed by atoms with Crippen LogP contribution < -0.4 is 11.1 Å². The number of rotatable bonds is 5. The molecular formula is C11H16N4O2. The van der Waals surface area contributed by atoms with Gasteiger partial charge in [0.1, 0.15) is 12.0 Å². The zero-order valence-electron chi connectivity index (χ0n) is 9.72. The second kappa shape index (κ2) is 4.67. The molecule has 92 valence electrons. The van der Waals surface area contributed by atoms with Crippen molar-refractivity contribution in [3.63, 3.8) is 0 Å². The Morgan fingerprint density at radius 3 is 2.94 bits per heavy atom. The number of pyridine rings is 1. The van der Waals surface area contributed by atoms with Gasteiger partial charge in [0, 0.05) is 18.2 Å². The maximum absolute atomic E-state index is 10.6. The van der Waals surface area contributed by atoms with Gasteiger partial charge in [-0.05, 0) is 31.7 Å². The summed E-state index contributed by atoms with van der Waals surface area (Å²) in [5.74, 6) is 1.27. The number of anilines is 1. The Balaban J connectivity index is 1.97. The van der Waals surface area contributed by atoms with Crippen LogP contribution in [0.4, 0.5) is 11.5 Å². The number of hydrogen-bond donors (Lipinski definition) is 2. The van der Waals surface area contributed by atoms with Gasteiger partial charge in [-0.3, -0.25) is 10.1 Å². The Kier molecular flexibility index (Phi) is 3.23. The Morgan fingerprint density at radius 2 is 2.41 bits per heavy atom. The van der Waals surface area contributed by atoms with Crippen molar-refractivity contribution in [2.75, 3.05) is 11.9 Å². The van der Waals surface area contributed by atoms with E-state index >= 15 is 0 Å². The smallest absolute Gasteiger partial charge is 0.290 e. The van der Waals surface area contributed by atoms with Gasteiger partial charge in [0.25, 0.3) is 5.69 Å². The van der Waals surface area contributed by atoms with Gasteiger partial charge in [-0.2, -0.15) is 0 Å². The lowest BCUT2D eigenvalue weighted by atomic mass is 10.2. The zero-order valence-corrected chi connectivity index (χ0v) is 9.72. The Bertz CT molecular complexity index is 431. The fourth-order valence-corrected chi connectivity index (χ4v) is 1.75. The third-order valence-electron chi connectivity index (χ3n) is 3.03. The van der Waals surface area contributed by atoms with Crippen molar-refractivity contribution in [1.29, 1.82) is 0 Å². The van der Waals surface area contributed by atoms with Crippen molar-refractivity contribution in [2.45, 2.75) is 25.8 Å². The predicted molar refractivity (Wildman–Crippen MR) is 64.8 cm³/mol. The van der Waals surface area contributed by atoms with E-state index in [4.69, 9.17) is 5.73 Å². The third kappa shape index (κ3) is 2.91.